The minimum absolute atomic E-state index is 0. The summed E-state index contributed by atoms with van der Waals surface area (Å²) < 4.78 is 5.32. The zero-order valence-corrected chi connectivity index (χ0v) is 15.5. The normalized spacial score (nSPS) is 10.9. The van der Waals surface area contributed by atoms with Crippen molar-refractivity contribution in [2.75, 3.05) is 6.54 Å². The van der Waals surface area contributed by atoms with Crippen LogP contribution in [0.5, 0.6) is 0 Å². The molecule has 4 nitrogen and oxygen atoms in total. The lowest BCUT2D eigenvalue weighted by Gasteiger charge is -2.11. The molecule has 2 N–H and O–H groups in total. The third-order valence-electron chi connectivity index (χ3n) is 3.26. The quantitative estimate of drug-likeness (QED) is 0.431. The van der Waals surface area contributed by atoms with Crippen molar-refractivity contribution < 1.29 is 4.42 Å². The molecule has 1 aromatic carbocycles. The molecule has 1 heterocycles. The minimum atomic E-state index is 0. The molecule has 120 valence electrons. The lowest BCUT2D eigenvalue weighted by atomic mass is 10.1. The standard InChI is InChI=1S/C17H23N3O.HI/c1-3-14-8-5-6-9-15(14)12-19-17(18-4-2)20-13-16-10-7-11-21-16;/h5-11H,3-4,12-13H2,1-2H3,(H2,18,19,20);1H. The fourth-order valence-electron chi connectivity index (χ4n) is 2.15. The number of guanidine groups is 1. The van der Waals surface area contributed by atoms with Crippen molar-refractivity contribution in [3.05, 3.63) is 59.5 Å². The summed E-state index contributed by atoms with van der Waals surface area (Å²) in [5.41, 5.74) is 2.62. The minimum Gasteiger partial charge on any atom is -0.467 e. The Labute approximate surface area is 149 Å². The topological polar surface area (TPSA) is 49.6 Å². The Morgan fingerprint density at radius 1 is 1.05 bits per heavy atom. The molecule has 0 atom stereocenters. The summed E-state index contributed by atoms with van der Waals surface area (Å²) in [7, 11) is 0. The van der Waals surface area contributed by atoms with Crippen LogP contribution in [0, 0.1) is 0 Å². The lowest BCUT2D eigenvalue weighted by molar-refractivity contribution is 0.501. The fourth-order valence-corrected chi connectivity index (χ4v) is 2.15. The largest absolute Gasteiger partial charge is 0.467 e. The number of hydrogen-bond acceptors (Lipinski definition) is 2. The van der Waals surface area contributed by atoms with Crippen LogP contribution in [-0.4, -0.2) is 12.5 Å². The van der Waals surface area contributed by atoms with Crippen molar-refractivity contribution >= 4 is 29.9 Å². The van der Waals surface area contributed by atoms with Gasteiger partial charge in [-0.05, 0) is 36.6 Å². The Hall–Kier alpha value is -1.50. The van der Waals surface area contributed by atoms with Gasteiger partial charge in [0.25, 0.3) is 0 Å². The predicted octanol–water partition coefficient (Wildman–Crippen LogP) is 3.72. The van der Waals surface area contributed by atoms with Crippen LogP contribution < -0.4 is 10.6 Å². The number of aryl methyl sites for hydroxylation is 1. The Morgan fingerprint density at radius 3 is 2.45 bits per heavy atom. The van der Waals surface area contributed by atoms with Crippen LogP contribution in [0.25, 0.3) is 0 Å². The van der Waals surface area contributed by atoms with Crippen LogP contribution in [0.2, 0.25) is 0 Å². The fraction of sp³-hybridized carbons (Fsp3) is 0.353. The van der Waals surface area contributed by atoms with E-state index in [2.05, 4.69) is 53.7 Å². The van der Waals surface area contributed by atoms with Crippen molar-refractivity contribution in [2.24, 2.45) is 4.99 Å². The van der Waals surface area contributed by atoms with Gasteiger partial charge in [-0.3, -0.25) is 0 Å². The SMILES string of the molecule is CCNC(=NCc1ccccc1CC)NCc1ccco1.I. The lowest BCUT2D eigenvalue weighted by Crippen LogP contribution is -2.36. The summed E-state index contributed by atoms with van der Waals surface area (Å²) >= 11 is 0. The predicted molar refractivity (Wildman–Crippen MR) is 102 cm³/mol. The molecule has 0 aliphatic rings. The first-order chi connectivity index (χ1) is 10.3. The number of rotatable bonds is 6. The molecular formula is C17H24IN3O. The van der Waals surface area contributed by atoms with Gasteiger partial charge in [-0.15, -0.1) is 24.0 Å². The highest BCUT2D eigenvalue weighted by Crippen LogP contribution is 2.10. The van der Waals surface area contributed by atoms with Crippen molar-refractivity contribution in [3.63, 3.8) is 0 Å². The molecule has 0 spiro atoms. The van der Waals surface area contributed by atoms with Crippen LogP contribution in [0.1, 0.15) is 30.7 Å². The molecule has 5 heteroatoms. The number of benzene rings is 1. The van der Waals surface area contributed by atoms with Crippen molar-refractivity contribution in [1.82, 2.24) is 10.6 Å². The maximum atomic E-state index is 5.32. The first-order valence-electron chi connectivity index (χ1n) is 7.44. The molecule has 0 saturated carbocycles. The molecule has 2 aromatic rings. The van der Waals surface area contributed by atoms with E-state index in [0.29, 0.717) is 13.1 Å². The molecule has 0 aliphatic carbocycles. The maximum Gasteiger partial charge on any atom is 0.191 e. The second kappa shape index (κ2) is 10.3. The van der Waals surface area contributed by atoms with Gasteiger partial charge in [0.2, 0.25) is 0 Å². The zero-order chi connectivity index (χ0) is 14.9. The van der Waals surface area contributed by atoms with Crippen LogP contribution in [0.4, 0.5) is 0 Å². The summed E-state index contributed by atoms with van der Waals surface area (Å²) in [6.07, 6.45) is 2.71. The molecule has 0 aliphatic heterocycles. The molecule has 1 aromatic heterocycles. The first kappa shape index (κ1) is 18.5. The highest BCUT2D eigenvalue weighted by molar-refractivity contribution is 14.0. The highest BCUT2D eigenvalue weighted by atomic mass is 127. The molecule has 2 rings (SSSR count). The molecule has 0 amide bonds. The number of aliphatic imine (C=N–C) groups is 1. The Bertz CT molecular complexity index is 567. The Balaban J connectivity index is 0.00000242. The smallest absolute Gasteiger partial charge is 0.191 e. The second-order valence-corrected chi connectivity index (χ2v) is 4.75. The summed E-state index contributed by atoms with van der Waals surface area (Å²) in [6, 6.07) is 12.3. The Kier molecular flexibility index (Phi) is 8.65. The molecule has 0 unspecified atom stereocenters. The number of hydrogen-bond donors (Lipinski definition) is 2. The van der Waals surface area contributed by atoms with E-state index < -0.39 is 0 Å². The van der Waals surface area contributed by atoms with E-state index in [-0.39, 0.29) is 24.0 Å². The molecule has 0 bridgehead atoms. The molecular weight excluding hydrogens is 389 g/mol. The third kappa shape index (κ3) is 5.71. The van der Waals surface area contributed by atoms with Gasteiger partial charge in [0.05, 0.1) is 19.4 Å². The summed E-state index contributed by atoms with van der Waals surface area (Å²) in [4.78, 5) is 4.64. The van der Waals surface area contributed by atoms with Gasteiger partial charge in [0.1, 0.15) is 5.76 Å². The van der Waals surface area contributed by atoms with E-state index >= 15 is 0 Å². The van der Waals surface area contributed by atoms with Crippen LogP contribution in [-0.2, 0) is 19.5 Å². The van der Waals surface area contributed by atoms with E-state index in [4.69, 9.17) is 4.42 Å². The average Bonchev–Trinajstić information content (AvgIpc) is 3.03. The maximum absolute atomic E-state index is 5.32. The number of halogens is 1. The van der Waals surface area contributed by atoms with Gasteiger partial charge in [-0.1, -0.05) is 31.2 Å². The van der Waals surface area contributed by atoms with Gasteiger partial charge in [0.15, 0.2) is 5.96 Å². The van der Waals surface area contributed by atoms with Gasteiger partial charge in [0, 0.05) is 6.54 Å². The van der Waals surface area contributed by atoms with E-state index in [0.717, 1.165) is 24.7 Å². The first-order valence-corrected chi connectivity index (χ1v) is 7.44. The zero-order valence-electron chi connectivity index (χ0n) is 13.1. The summed E-state index contributed by atoms with van der Waals surface area (Å²) in [5, 5.41) is 6.53. The molecule has 0 fully saturated rings. The van der Waals surface area contributed by atoms with Crippen molar-refractivity contribution in [1.29, 1.82) is 0 Å². The van der Waals surface area contributed by atoms with Crippen LogP contribution in [0.3, 0.4) is 0 Å². The van der Waals surface area contributed by atoms with E-state index in [1.807, 2.05) is 12.1 Å². The van der Waals surface area contributed by atoms with Crippen molar-refractivity contribution in [2.45, 2.75) is 33.4 Å². The van der Waals surface area contributed by atoms with Gasteiger partial charge >= 0.3 is 0 Å². The van der Waals surface area contributed by atoms with Gasteiger partial charge < -0.3 is 15.1 Å². The summed E-state index contributed by atoms with van der Waals surface area (Å²) in [5.74, 6) is 1.70. The number of furan rings is 1. The van der Waals surface area contributed by atoms with Crippen LogP contribution >= 0.6 is 24.0 Å². The summed E-state index contributed by atoms with van der Waals surface area (Å²) in [6.45, 7) is 6.37. The van der Waals surface area contributed by atoms with E-state index in [1.165, 1.54) is 11.1 Å². The highest BCUT2D eigenvalue weighted by Gasteiger charge is 2.02. The monoisotopic (exact) mass is 413 g/mol. The van der Waals surface area contributed by atoms with Gasteiger partial charge in [-0.25, -0.2) is 4.99 Å². The van der Waals surface area contributed by atoms with Crippen LogP contribution in [0.15, 0.2) is 52.1 Å². The molecule has 22 heavy (non-hydrogen) atoms. The van der Waals surface area contributed by atoms with Gasteiger partial charge in [-0.2, -0.15) is 0 Å². The Morgan fingerprint density at radius 2 is 1.82 bits per heavy atom. The van der Waals surface area contributed by atoms with Crippen molar-refractivity contribution in [3.8, 4) is 0 Å². The van der Waals surface area contributed by atoms with E-state index in [9.17, 15) is 0 Å². The number of nitrogens with zero attached hydrogens (tertiary/aromatic N) is 1. The molecule has 0 radical (unpaired) electrons. The second-order valence-electron chi connectivity index (χ2n) is 4.75. The van der Waals surface area contributed by atoms with E-state index in [1.54, 1.807) is 6.26 Å². The molecule has 0 saturated heterocycles. The third-order valence-corrected chi connectivity index (χ3v) is 3.26. The average molecular weight is 413 g/mol. The number of nitrogens with one attached hydrogen (secondary N) is 2.